The van der Waals surface area contributed by atoms with E-state index < -0.39 is 0 Å². The third-order valence-corrected chi connectivity index (χ3v) is 5.77. The molecule has 10 heteroatoms. The van der Waals surface area contributed by atoms with E-state index in [-0.39, 0.29) is 17.8 Å². The second-order valence-corrected chi connectivity index (χ2v) is 8.89. The molecular formula is C22H24BrN5O3S. The number of hydrazone groups is 1. The summed E-state index contributed by atoms with van der Waals surface area (Å²) < 4.78 is 13.9. The zero-order chi connectivity index (χ0) is 23.1. The van der Waals surface area contributed by atoms with Crippen LogP contribution >= 0.6 is 27.7 Å². The Morgan fingerprint density at radius 2 is 1.97 bits per heavy atom. The minimum absolute atomic E-state index is 0.0417. The van der Waals surface area contributed by atoms with Crippen LogP contribution in [0.5, 0.6) is 11.5 Å². The van der Waals surface area contributed by atoms with Crippen LogP contribution in [-0.2, 0) is 11.8 Å². The molecule has 1 heterocycles. The lowest BCUT2D eigenvalue weighted by Gasteiger charge is -2.13. The predicted octanol–water partition coefficient (Wildman–Crippen LogP) is 4.28. The lowest BCUT2D eigenvalue weighted by molar-refractivity contribution is -0.118. The Morgan fingerprint density at radius 3 is 2.66 bits per heavy atom. The third kappa shape index (κ3) is 6.33. The number of benzene rings is 2. The van der Waals surface area contributed by atoms with Gasteiger partial charge in [0.25, 0.3) is 5.91 Å². The fraction of sp³-hybridized carbons (Fsp3) is 0.273. The van der Waals surface area contributed by atoms with E-state index in [1.54, 1.807) is 19.4 Å². The Kier molecular flexibility index (Phi) is 8.29. The second kappa shape index (κ2) is 11.1. The van der Waals surface area contributed by atoms with E-state index >= 15 is 0 Å². The molecule has 0 saturated carbocycles. The van der Waals surface area contributed by atoms with Crippen molar-refractivity contribution in [2.75, 3.05) is 12.9 Å². The molecule has 0 bridgehead atoms. The van der Waals surface area contributed by atoms with Crippen LogP contribution in [0.4, 0.5) is 0 Å². The quantitative estimate of drug-likeness (QED) is 0.258. The summed E-state index contributed by atoms with van der Waals surface area (Å²) in [6, 6.07) is 13.3. The van der Waals surface area contributed by atoms with Gasteiger partial charge in [-0.25, -0.2) is 5.43 Å². The van der Waals surface area contributed by atoms with Crippen molar-refractivity contribution >= 4 is 39.8 Å². The van der Waals surface area contributed by atoms with Gasteiger partial charge >= 0.3 is 0 Å². The molecular weight excluding hydrogens is 494 g/mol. The largest absolute Gasteiger partial charge is 0.493 e. The number of hydrogen-bond acceptors (Lipinski definition) is 7. The minimum atomic E-state index is -0.244. The fourth-order valence-electron chi connectivity index (χ4n) is 2.75. The fourth-order valence-corrected chi connectivity index (χ4v) is 3.72. The number of ether oxygens (including phenoxy) is 2. The van der Waals surface area contributed by atoms with Crippen molar-refractivity contribution in [2.24, 2.45) is 12.1 Å². The average molecular weight is 518 g/mol. The first-order valence-corrected chi connectivity index (χ1v) is 11.6. The molecule has 0 unspecified atom stereocenters. The molecule has 1 N–H and O–H groups in total. The summed E-state index contributed by atoms with van der Waals surface area (Å²) in [4.78, 5) is 12.2. The highest BCUT2D eigenvalue weighted by Gasteiger charge is 2.13. The number of carbonyl (C=O) groups excluding carboxylic acids is 1. The van der Waals surface area contributed by atoms with E-state index in [0.29, 0.717) is 16.7 Å². The molecule has 2 aromatic carbocycles. The molecule has 1 aromatic heterocycles. The van der Waals surface area contributed by atoms with Gasteiger partial charge in [-0.2, -0.15) is 5.10 Å². The maximum Gasteiger partial charge on any atom is 0.250 e. The molecule has 8 nitrogen and oxygen atoms in total. The Labute approximate surface area is 199 Å². The lowest BCUT2D eigenvalue weighted by atomic mass is 10.2. The Hall–Kier alpha value is -2.85. The summed E-state index contributed by atoms with van der Waals surface area (Å²) in [5.74, 6) is 1.91. The van der Waals surface area contributed by atoms with Gasteiger partial charge in [0.2, 0.25) is 0 Å². The summed E-state index contributed by atoms with van der Waals surface area (Å²) >= 11 is 4.71. The summed E-state index contributed by atoms with van der Waals surface area (Å²) in [5, 5.41) is 13.1. The monoisotopic (exact) mass is 517 g/mol. The first-order valence-electron chi connectivity index (χ1n) is 9.82. The standard InChI is InChI=1S/C22H24BrN5O3S/c1-14(2)31-18-10-5-15(11-19(18)30-4)12-24-25-20(29)13-32-22-27-26-21(28(22)3)16-6-8-17(23)9-7-16/h5-12,14H,13H2,1-4H3,(H,25,29)/b24-12-. The molecule has 32 heavy (non-hydrogen) atoms. The van der Waals surface area contributed by atoms with Crippen LogP contribution in [0.15, 0.2) is 57.2 Å². The maximum atomic E-state index is 12.2. The van der Waals surface area contributed by atoms with Crippen LogP contribution in [0.25, 0.3) is 11.4 Å². The number of amides is 1. The number of halogens is 1. The Bertz CT molecular complexity index is 1100. The lowest BCUT2D eigenvalue weighted by Crippen LogP contribution is -2.19. The topological polar surface area (TPSA) is 90.6 Å². The summed E-state index contributed by atoms with van der Waals surface area (Å²) in [6.07, 6.45) is 1.60. The van der Waals surface area contributed by atoms with Crippen molar-refractivity contribution in [2.45, 2.75) is 25.1 Å². The molecule has 168 valence electrons. The van der Waals surface area contributed by atoms with Crippen molar-refractivity contribution in [1.29, 1.82) is 0 Å². The van der Waals surface area contributed by atoms with Gasteiger partial charge < -0.3 is 14.0 Å². The highest BCUT2D eigenvalue weighted by atomic mass is 79.9. The number of aromatic nitrogens is 3. The number of methoxy groups -OCH3 is 1. The van der Waals surface area contributed by atoms with E-state index in [4.69, 9.17) is 9.47 Å². The van der Waals surface area contributed by atoms with Gasteiger partial charge in [-0.1, -0.05) is 39.8 Å². The van der Waals surface area contributed by atoms with Crippen LogP contribution in [0.2, 0.25) is 0 Å². The number of hydrogen-bond donors (Lipinski definition) is 1. The van der Waals surface area contributed by atoms with Gasteiger partial charge in [-0.05, 0) is 49.7 Å². The molecule has 3 rings (SSSR count). The first-order chi connectivity index (χ1) is 15.4. The van der Waals surface area contributed by atoms with E-state index in [0.717, 1.165) is 21.4 Å². The minimum Gasteiger partial charge on any atom is -0.493 e. The number of rotatable bonds is 9. The Balaban J connectivity index is 1.54. The van der Waals surface area contributed by atoms with Gasteiger partial charge in [-0.3, -0.25) is 4.79 Å². The van der Waals surface area contributed by atoms with Gasteiger partial charge in [0.05, 0.1) is 25.2 Å². The van der Waals surface area contributed by atoms with Crippen LogP contribution < -0.4 is 14.9 Å². The van der Waals surface area contributed by atoms with Crippen molar-refractivity contribution in [3.63, 3.8) is 0 Å². The van der Waals surface area contributed by atoms with Crippen LogP contribution in [0, 0.1) is 0 Å². The maximum absolute atomic E-state index is 12.2. The highest BCUT2D eigenvalue weighted by molar-refractivity contribution is 9.10. The van der Waals surface area contributed by atoms with Crippen molar-refractivity contribution in [3.05, 3.63) is 52.5 Å². The van der Waals surface area contributed by atoms with E-state index in [1.807, 2.05) is 61.9 Å². The summed E-state index contributed by atoms with van der Waals surface area (Å²) in [6.45, 7) is 3.90. The predicted molar refractivity (Wildman–Crippen MR) is 129 cm³/mol. The number of thioether (sulfide) groups is 1. The molecule has 0 saturated heterocycles. The summed E-state index contributed by atoms with van der Waals surface area (Å²) in [5.41, 5.74) is 4.25. The molecule has 0 aliphatic rings. The normalized spacial score (nSPS) is 11.2. The Morgan fingerprint density at radius 1 is 1.22 bits per heavy atom. The van der Waals surface area contributed by atoms with Crippen molar-refractivity contribution in [1.82, 2.24) is 20.2 Å². The zero-order valence-electron chi connectivity index (χ0n) is 18.2. The van der Waals surface area contributed by atoms with Gasteiger partial charge in [0.15, 0.2) is 22.5 Å². The van der Waals surface area contributed by atoms with E-state index in [9.17, 15) is 4.79 Å². The van der Waals surface area contributed by atoms with Gasteiger partial charge in [0.1, 0.15) is 0 Å². The number of nitrogens with zero attached hydrogens (tertiary/aromatic N) is 4. The molecule has 0 aliphatic heterocycles. The number of carbonyl (C=O) groups is 1. The molecule has 0 fully saturated rings. The summed E-state index contributed by atoms with van der Waals surface area (Å²) in [7, 11) is 3.45. The molecule has 0 atom stereocenters. The van der Waals surface area contributed by atoms with Gasteiger partial charge in [-0.15, -0.1) is 10.2 Å². The van der Waals surface area contributed by atoms with Crippen LogP contribution in [0.3, 0.4) is 0 Å². The van der Waals surface area contributed by atoms with E-state index in [2.05, 4.69) is 36.7 Å². The molecule has 0 spiro atoms. The van der Waals surface area contributed by atoms with Crippen LogP contribution in [0.1, 0.15) is 19.4 Å². The average Bonchev–Trinajstić information content (AvgIpc) is 3.13. The molecule has 3 aromatic rings. The molecule has 0 radical (unpaired) electrons. The van der Waals surface area contributed by atoms with Crippen LogP contribution in [-0.4, -0.2) is 45.9 Å². The third-order valence-electron chi connectivity index (χ3n) is 4.22. The van der Waals surface area contributed by atoms with E-state index in [1.165, 1.54) is 11.8 Å². The second-order valence-electron chi connectivity index (χ2n) is 7.03. The van der Waals surface area contributed by atoms with Crippen molar-refractivity contribution in [3.8, 4) is 22.9 Å². The molecule has 1 amide bonds. The molecule has 0 aliphatic carbocycles. The van der Waals surface area contributed by atoms with Gasteiger partial charge in [0, 0.05) is 17.1 Å². The first kappa shape index (κ1) is 23.8. The number of nitrogens with one attached hydrogen (secondary N) is 1. The zero-order valence-corrected chi connectivity index (χ0v) is 20.6. The highest BCUT2D eigenvalue weighted by Crippen LogP contribution is 2.28. The van der Waals surface area contributed by atoms with Crippen molar-refractivity contribution < 1.29 is 14.3 Å². The SMILES string of the molecule is COc1cc(/C=N\NC(=O)CSc2nnc(-c3ccc(Br)cc3)n2C)ccc1OC(C)C. The smallest absolute Gasteiger partial charge is 0.250 e.